The summed E-state index contributed by atoms with van der Waals surface area (Å²) in [5.41, 5.74) is 3.06. The van der Waals surface area contributed by atoms with E-state index in [4.69, 9.17) is 0 Å². The number of anilines is 1. The van der Waals surface area contributed by atoms with Crippen molar-refractivity contribution in [3.63, 3.8) is 0 Å². The molecule has 0 atom stereocenters. The van der Waals surface area contributed by atoms with Crippen molar-refractivity contribution in [1.82, 2.24) is 5.32 Å². The minimum atomic E-state index is -0.213. The lowest BCUT2D eigenvalue weighted by molar-refractivity contribution is -0.127. The van der Waals surface area contributed by atoms with E-state index in [0.29, 0.717) is 5.69 Å². The number of nitrogens with one attached hydrogen (secondary N) is 1. The average molecular weight is 326 g/mol. The van der Waals surface area contributed by atoms with Crippen LogP contribution in [0.5, 0.6) is 0 Å². The molecule has 1 fully saturated rings. The van der Waals surface area contributed by atoms with E-state index in [0.717, 1.165) is 9.79 Å². The van der Waals surface area contributed by atoms with Gasteiger partial charge in [-0.05, 0) is 37.6 Å². The summed E-state index contributed by atoms with van der Waals surface area (Å²) in [6, 6.07) is 13.8. The molecule has 0 saturated carbocycles. The molecule has 0 unspecified atom stereocenters. The Bertz CT molecular complexity index is 757. The Balaban J connectivity index is 1.97. The molecule has 5 heteroatoms. The fourth-order valence-corrected chi connectivity index (χ4v) is 3.61. The predicted octanol–water partition coefficient (Wildman–Crippen LogP) is 2.92. The fraction of sp³-hybridized carbons (Fsp3) is 0.222. The summed E-state index contributed by atoms with van der Waals surface area (Å²) in [5, 5.41) is 2.82. The largest absolute Gasteiger partial charge is 0.300 e. The van der Waals surface area contributed by atoms with Gasteiger partial charge >= 0.3 is 0 Å². The van der Waals surface area contributed by atoms with Crippen molar-refractivity contribution < 1.29 is 9.59 Å². The summed E-state index contributed by atoms with van der Waals surface area (Å²) in [7, 11) is 0. The Morgan fingerprint density at radius 2 is 1.65 bits per heavy atom. The topological polar surface area (TPSA) is 49.4 Å². The molecule has 0 radical (unpaired) electrons. The Hall–Kier alpha value is -2.11. The van der Waals surface area contributed by atoms with Gasteiger partial charge in [0.15, 0.2) is 0 Å². The van der Waals surface area contributed by atoms with E-state index in [-0.39, 0.29) is 24.9 Å². The number of imide groups is 1. The Morgan fingerprint density at radius 3 is 2.35 bits per heavy atom. The summed E-state index contributed by atoms with van der Waals surface area (Å²) in [5.74, 6) is -0.426. The summed E-state index contributed by atoms with van der Waals surface area (Å²) in [6.45, 7) is 4.51. The molecule has 118 valence electrons. The van der Waals surface area contributed by atoms with Crippen LogP contribution in [0.4, 0.5) is 5.69 Å². The molecule has 2 aromatic carbocycles. The molecule has 2 aromatic rings. The van der Waals surface area contributed by atoms with Crippen LogP contribution in [0, 0.1) is 13.8 Å². The van der Waals surface area contributed by atoms with E-state index >= 15 is 0 Å². The van der Waals surface area contributed by atoms with Crippen LogP contribution in [-0.4, -0.2) is 24.9 Å². The van der Waals surface area contributed by atoms with Gasteiger partial charge in [0.05, 0.1) is 18.8 Å². The molecule has 1 aliphatic rings. The molecular weight excluding hydrogens is 308 g/mol. The first-order valence-electron chi connectivity index (χ1n) is 7.47. The van der Waals surface area contributed by atoms with Gasteiger partial charge in [0.2, 0.25) is 11.8 Å². The third kappa shape index (κ3) is 3.30. The molecule has 0 aliphatic carbocycles. The number of para-hydroxylation sites is 1. The van der Waals surface area contributed by atoms with Crippen molar-refractivity contribution in [2.75, 3.05) is 18.0 Å². The predicted molar refractivity (Wildman–Crippen MR) is 91.8 cm³/mol. The highest BCUT2D eigenvalue weighted by atomic mass is 32.2. The highest BCUT2D eigenvalue weighted by Gasteiger charge is 2.28. The van der Waals surface area contributed by atoms with Gasteiger partial charge in [0, 0.05) is 9.79 Å². The standard InChI is InChI=1S/C18H18N2O2S/c1-12-7-8-15(13(2)9-12)23-16-6-4-3-5-14(16)20-17(21)10-19-11-18(20)22/h3-9,19H,10-11H2,1-2H3. The Kier molecular flexibility index (Phi) is 4.50. The maximum absolute atomic E-state index is 12.2. The fourth-order valence-electron chi connectivity index (χ4n) is 2.60. The monoisotopic (exact) mass is 326 g/mol. The highest BCUT2D eigenvalue weighted by Crippen LogP contribution is 2.37. The molecular formula is C18H18N2O2S. The molecule has 3 rings (SSSR count). The van der Waals surface area contributed by atoms with Gasteiger partial charge in [0.1, 0.15) is 0 Å². The zero-order valence-electron chi connectivity index (χ0n) is 13.1. The van der Waals surface area contributed by atoms with Gasteiger partial charge in [-0.25, -0.2) is 4.90 Å². The first-order chi connectivity index (χ1) is 11.1. The van der Waals surface area contributed by atoms with Crippen molar-refractivity contribution in [3.8, 4) is 0 Å². The van der Waals surface area contributed by atoms with E-state index in [1.54, 1.807) is 11.8 Å². The lowest BCUT2D eigenvalue weighted by atomic mass is 10.2. The van der Waals surface area contributed by atoms with Crippen LogP contribution in [0.25, 0.3) is 0 Å². The van der Waals surface area contributed by atoms with E-state index in [9.17, 15) is 9.59 Å². The van der Waals surface area contributed by atoms with E-state index in [2.05, 4.69) is 37.4 Å². The second-order valence-electron chi connectivity index (χ2n) is 5.57. The number of amides is 2. The smallest absolute Gasteiger partial charge is 0.247 e. The number of carbonyl (C=O) groups excluding carboxylic acids is 2. The number of nitrogens with zero attached hydrogens (tertiary/aromatic N) is 1. The van der Waals surface area contributed by atoms with Crippen molar-refractivity contribution in [3.05, 3.63) is 53.6 Å². The number of hydrogen-bond donors (Lipinski definition) is 1. The van der Waals surface area contributed by atoms with Gasteiger partial charge in [-0.2, -0.15) is 0 Å². The molecule has 0 aromatic heterocycles. The number of benzene rings is 2. The highest BCUT2D eigenvalue weighted by molar-refractivity contribution is 7.99. The zero-order valence-corrected chi connectivity index (χ0v) is 13.9. The summed E-state index contributed by atoms with van der Waals surface area (Å²) in [4.78, 5) is 27.6. The molecule has 4 nitrogen and oxygen atoms in total. The number of aryl methyl sites for hydroxylation is 2. The summed E-state index contributed by atoms with van der Waals surface area (Å²) in [6.07, 6.45) is 0. The maximum atomic E-state index is 12.2. The van der Waals surface area contributed by atoms with Crippen LogP contribution in [0.3, 0.4) is 0 Å². The number of rotatable bonds is 3. The lowest BCUT2D eigenvalue weighted by Crippen LogP contribution is -2.52. The molecule has 1 saturated heterocycles. The third-order valence-corrected chi connectivity index (χ3v) is 4.95. The molecule has 1 N–H and O–H groups in total. The van der Waals surface area contributed by atoms with Gasteiger partial charge < -0.3 is 0 Å². The van der Waals surface area contributed by atoms with Gasteiger partial charge in [0.25, 0.3) is 0 Å². The quantitative estimate of drug-likeness (QED) is 0.881. The number of piperazine rings is 1. The van der Waals surface area contributed by atoms with E-state index in [1.807, 2.05) is 24.3 Å². The SMILES string of the molecule is Cc1ccc(Sc2ccccc2N2C(=O)CNCC2=O)c(C)c1. The molecule has 0 bridgehead atoms. The minimum absolute atomic E-state index is 0.189. The maximum Gasteiger partial charge on any atom is 0.247 e. The normalized spacial score (nSPS) is 15.1. The average Bonchev–Trinajstić information content (AvgIpc) is 2.51. The van der Waals surface area contributed by atoms with Crippen molar-refractivity contribution in [2.24, 2.45) is 0 Å². The lowest BCUT2D eigenvalue weighted by Gasteiger charge is -2.27. The molecule has 23 heavy (non-hydrogen) atoms. The first kappa shape index (κ1) is 15.8. The van der Waals surface area contributed by atoms with E-state index in [1.165, 1.54) is 16.0 Å². The van der Waals surface area contributed by atoms with Crippen LogP contribution in [0.1, 0.15) is 11.1 Å². The van der Waals surface area contributed by atoms with Crippen LogP contribution >= 0.6 is 11.8 Å². The van der Waals surface area contributed by atoms with Gasteiger partial charge in [-0.1, -0.05) is 41.6 Å². The first-order valence-corrected chi connectivity index (χ1v) is 8.28. The number of hydrogen-bond acceptors (Lipinski definition) is 4. The Morgan fingerprint density at radius 1 is 0.957 bits per heavy atom. The molecule has 0 spiro atoms. The number of carbonyl (C=O) groups is 2. The second-order valence-corrected chi connectivity index (χ2v) is 6.65. The summed E-state index contributed by atoms with van der Waals surface area (Å²) >= 11 is 1.58. The van der Waals surface area contributed by atoms with Crippen LogP contribution in [0.15, 0.2) is 52.3 Å². The summed E-state index contributed by atoms with van der Waals surface area (Å²) < 4.78 is 0. The second kappa shape index (κ2) is 6.56. The zero-order chi connectivity index (χ0) is 16.4. The van der Waals surface area contributed by atoms with Crippen molar-refractivity contribution in [2.45, 2.75) is 23.6 Å². The van der Waals surface area contributed by atoms with Crippen molar-refractivity contribution >= 4 is 29.3 Å². The minimum Gasteiger partial charge on any atom is -0.300 e. The van der Waals surface area contributed by atoms with Crippen LogP contribution in [-0.2, 0) is 9.59 Å². The van der Waals surface area contributed by atoms with Crippen molar-refractivity contribution in [1.29, 1.82) is 0 Å². The third-order valence-electron chi connectivity index (χ3n) is 3.71. The van der Waals surface area contributed by atoms with Crippen LogP contribution in [0.2, 0.25) is 0 Å². The Labute approximate surface area is 139 Å². The van der Waals surface area contributed by atoms with E-state index < -0.39 is 0 Å². The molecule has 1 aliphatic heterocycles. The molecule has 1 heterocycles. The van der Waals surface area contributed by atoms with Gasteiger partial charge in [-0.3, -0.25) is 14.9 Å². The van der Waals surface area contributed by atoms with Gasteiger partial charge in [-0.15, -0.1) is 0 Å². The van der Waals surface area contributed by atoms with Crippen LogP contribution < -0.4 is 10.2 Å². The molecule has 2 amide bonds.